The molecular weight excluding hydrogens is 374 g/mol. The number of rotatable bonds is 4. The van der Waals surface area contributed by atoms with Gasteiger partial charge in [0.25, 0.3) is 0 Å². The van der Waals surface area contributed by atoms with Crippen molar-refractivity contribution in [3.05, 3.63) is 47.0 Å². The lowest BCUT2D eigenvalue weighted by atomic mass is 9.67. The van der Waals surface area contributed by atoms with Crippen LogP contribution in [0, 0.1) is 23.2 Å². The van der Waals surface area contributed by atoms with Gasteiger partial charge in [0.2, 0.25) is 0 Å². The summed E-state index contributed by atoms with van der Waals surface area (Å²) in [6.07, 6.45) is 5.31. The molecule has 5 heteroatoms. The fraction of sp³-hybridized carbons (Fsp3) is 0.480. The molecule has 0 aromatic heterocycles. The fourth-order valence-corrected chi connectivity index (χ4v) is 6.16. The highest BCUT2D eigenvalue weighted by molar-refractivity contribution is 5.91. The normalized spacial score (nSPS) is 27.8. The molecule has 0 amide bonds. The molecule has 2 aromatic carbocycles. The van der Waals surface area contributed by atoms with Crippen molar-refractivity contribution in [3.63, 3.8) is 0 Å². The molecule has 5 rings (SSSR count). The van der Waals surface area contributed by atoms with Crippen LogP contribution in [0.15, 0.2) is 30.3 Å². The maximum atomic E-state index is 7.96. The number of nitrogens with two attached hydrogens (primary N) is 1. The summed E-state index contributed by atoms with van der Waals surface area (Å²) in [5.41, 5.74) is 11.5. The smallest absolute Gasteiger partial charge is 0.161 e. The minimum atomic E-state index is 0.231. The Labute approximate surface area is 179 Å². The summed E-state index contributed by atoms with van der Waals surface area (Å²) in [5, 5.41) is 11.8. The third kappa shape index (κ3) is 3.03. The van der Waals surface area contributed by atoms with E-state index in [2.05, 4.69) is 23.5 Å². The maximum absolute atomic E-state index is 7.96. The summed E-state index contributed by atoms with van der Waals surface area (Å²) < 4.78 is 11.0. The zero-order valence-electron chi connectivity index (χ0n) is 18.4. The molecule has 3 aliphatic rings. The molecule has 2 aliphatic carbocycles. The summed E-state index contributed by atoms with van der Waals surface area (Å²) in [4.78, 5) is 0. The molecule has 0 spiro atoms. The van der Waals surface area contributed by atoms with Crippen molar-refractivity contribution in [1.29, 1.82) is 5.41 Å². The Morgan fingerprint density at radius 1 is 1.03 bits per heavy atom. The zero-order valence-corrected chi connectivity index (χ0v) is 18.4. The lowest BCUT2D eigenvalue weighted by Crippen LogP contribution is -2.36. The van der Waals surface area contributed by atoms with Gasteiger partial charge in [-0.25, -0.2) is 0 Å². The van der Waals surface area contributed by atoms with E-state index in [1.807, 2.05) is 26.0 Å². The third-order valence-electron chi connectivity index (χ3n) is 7.24. The number of hydrogen-bond acceptors (Lipinski definition) is 5. The van der Waals surface area contributed by atoms with Crippen LogP contribution in [0.25, 0.3) is 0 Å². The van der Waals surface area contributed by atoms with Crippen molar-refractivity contribution in [2.24, 2.45) is 17.8 Å². The molecule has 30 heavy (non-hydrogen) atoms. The van der Waals surface area contributed by atoms with E-state index in [1.165, 1.54) is 36.6 Å². The third-order valence-corrected chi connectivity index (χ3v) is 7.24. The van der Waals surface area contributed by atoms with Crippen molar-refractivity contribution in [2.75, 3.05) is 25.3 Å². The number of ether oxygens (including phenoxy) is 2. The summed E-state index contributed by atoms with van der Waals surface area (Å²) in [6.45, 7) is 4.00. The second-order valence-corrected chi connectivity index (χ2v) is 8.35. The average molecular weight is 408 g/mol. The van der Waals surface area contributed by atoms with E-state index in [0.29, 0.717) is 29.4 Å². The van der Waals surface area contributed by atoms with Gasteiger partial charge in [0, 0.05) is 23.2 Å². The van der Waals surface area contributed by atoms with Gasteiger partial charge in [0.1, 0.15) is 0 Å². The van der Waals surface area contributed by atoms with Gasteiger partial charge in [0.05, 0.1) is 20.3 Å². The Bertz CT molecular complexity index is 942. The van der Waals surface area contributed by atoms with Crippen molar-refractivity contribution in [2.45, 2.75) is 45.1 Å². The average Bonchev–Trinajstić information content (AvgIpc) is 3.42. The molecule has 5 nitrogen and oxygen atoms in total. The van der Waals surface area contributed by atoms with Crippen LogP contribution in [0.2, 0.25) is 0 Å². The highest BCUT2D eigenvalue weighted by Gasteiger charge is 2.54. The number of benzene rings is 2. The van der Waals surface area contributed by atoms with Gasteiger partial charge >= 0.3 is 0 Å². The summed E-state index contributed by atoms with van der Waals surface area (Å²) in [5.74, 6) is 3.92. The molecular formula is C25H33N3O2. The molecule has 0 saturated heterocycles. The molecule has 2 fully saturated rings. The first-order chi connectivity index (χ1) is 14.7. The number of hydrogen-bond donors (Lipinski definition) is 3. The second-order valence-electron chi connectivity index (χ2n) is 8.35. The van der Waals surface area contributed by atoms with Crippen LogP contribution in [0.5, 0.6) is 11.5 Å². The lowest BCUT2D eigenvalue weighted by Gasteiger charge is -2.44. The van der Waals surface area contributed by atoms with Crippen molar-refractivity contribution in [3.8, 4) is 11.5 Å². The van der Waals surface area contributed by atoms with E-state index in [9.17, 15) is 0 Å². The fourth-order valence-electron chi connectivity index (χ4n) is 6.16. The predicted octanol–water partition coefficient (Wildman–Crippen LogP) is 5.61. The number of anilines is 2. The number of fused-ring (bicyclic) bond motifs is 7. The van der Waals surface area contributed by atoms with E-state index in [1.54, 1.807) is 14.2 Å². The topological polar surface area (TPSA) is 80.4 Å². The quantitative estimate of drug-likeness (QED) is 0.455. The Hall–Kier alpha value is -2.69. The van der Waals surface area contributed by atoms with Gasteiger partial charge in [0.15, 0.2) is 11.5 Å². The number of nitrogens with one attached hydrogen (secondary N) is 2. The minimum absolute atomic E-state index is 0.231. The number of methoxy groups -OCH3 is 2. The van der Waals surface area contributed by atoms with Gasteiger partial charge in [-0.2, -0.15) is 0 Å². The van der Waals surface area contributed by atoms with Crippen molar-refractivity contribution < 1.29 is 9.47 Å². The molecule has 2 aromatic rings. The van der Waals surface area contributed by atoms with E-state index in [-0.39, 0.29) is 6.04 Å². The van der Waals surface area contributed by atoms with Gasteiger partial charge in [-0.1, -0.05) is 19.9 Å². The SMILES string of the molecule is CC.COc1ccc([C@@H]2Nc3ccc(N)c(C=N)c3C3C4CCC(C4)[C@H]32)cc1OC. The minimum Gasteiger partial charge on any atom is -0.493 e. The largest absolute Gasteiger partial charge is 0.493 e. The van der Waals surface area contributed by atoms with Crippen LogP contribution in [0.1, 0.15) is 61.8 Å². The highest BCUT2D eigenvalue weighted by Crippen LogP contribution is 2.64. The zero-order chi connectivity index (χ0) is 21.4. The van der Waals surface area contributed by atoms with Gasteiger partial charge in [-0.05, 0) is 78.3 Å². The molecule has 4 N–H and O–H groups in total. The first kappa shape index (κ1) is 20.6. The van der Waals surface area contributed by atoms with Crippen LogP contribution in [0.4, 0.5) is 11.4 Å². The van der Waals surface area contributed by atoms with Gasteiger partial charge in [-0.3, -0.25) is 0 Å². The highest BCUT2D eigenvalue weighted by atomic mass is 16.5. The first-order valence-electron chi connectivity index (χ1n) is 11.1. The summed E-state index contributed by atoms with van der Waals surface area (Å²) >= 11 is 0. The summed E-state index contributed by atoms with van der Waals surface area (Å²) in [7, 11) is 3.35. The molecule has 160 valence electrons. The Balaban J connectivity index is 0.00000106. The Kier molecular flexibility index (Phi) is 5.63. The van der Waals surface area contributed by atoms with E-state index in [4.69, 9.17) is 20.6 Å². The van der Waals surface area contributed by atoms with Crippen LogP contribution < -0.4 is 20.5 Å². The van der Waals surface area contributed by atoms with Gasteiger partial charge in [-0.15, -0.1) is 0 Å². The first-order valence-corrected chi connectivity index (χ1v) is 11.1. The lowest BCUT2D eigenvalue weighted by molar-refractivity contribution is 0.247. The molecule has 1 aliphatic heterocycles. The van der Waals surface area contributed by atoms with Crippen LogP contribution >= 0.6 is 0 Å². The summed E-state index contributed by atoms with van der Waals surface area (Å²) in [6, 6.07) is 10.5. The molecule has 1 heterocycles. The molecule has 0 radical (unpaired) electrons. The van der Waals surface area contributed by atoms with Crippen molar-refractivity contribution in [1.82, 2.24) is 0 Å². The van der Waals surface area contributed by atoms with Crippen LogP contribution in [0.3, 0.4) is 0 Å². The van der Waals surface area contributed by atoms with Gasteiger partial charge < -0.3 is 25.9 Å². The van der Waals surface area contributed by atoms with E-state index < -0.39 is 0 Å². The predicted molar refractivity (Wildman–Crippen MR) is 123 cm³/mol. The van der Waals surface area contributed by atoms with Crippen LogP contribution in [-0.4, -0.2) is 20.4 Å². The molecule has 3 unspecified atom stereocenters. The molecule has 5 atom stereocenters. The van der Waals surface area contributed by atoms with Crippen molar-refractivity contribution >= 4 is 17.6 Å². The molecule has 2 bridgehead atoms. The van der Waals surface area contributed by atoms with Crippen LogP contribution in [-0.2, 0) is 0 Å². The standard InChI is InChI=1S/C23H27N3O2.C2H6/c1-27-18-8-5-14(10-19(18)28-2)23-21-13-4-3-12(9-13)20(21)22-15(11-24)16(25)6-7-17(22)26-23;1-2/h5-8,10-13,20-21,23-24,26H,3-4,9,25H2,1-2H3;1-2H3/t12?,13?,20?,21-,23+;/m1./s1. The monoisotopic (exact) mass is 407 g/mol. The maximum Gasteiger partial charge on any atom is 0.161 e. The second kappa shape index (κ2) is 8.21. The Morgan fingerprint density at radius 2 is 1.77 bits per heavy atom. The Morgan fingerprint density at radius 3 is 2.47 bits per heavy atom. The van der Waals surface area contributed by atoms with E-state index in [0.717, 1.165) is 22.7 Å². The molecule has 2 saturated carbocycles. The number of nitrogen functional groups attached to an aromatic ring is 1. The van der Waals surface area contributed by atoms with E-state index >= 15 is 0 Å².